The average Bonchev–Trinajstić information content (AvgIpc) is 3.44. The van der Waals surface area contributed by atoms with Gasteiger partial charge in [0.05, 0.1) is 17.9 Å². The van der Waals surface area contributed by atoms with E-state index in [0.717, 1.165) is 5.56 Å². The lowest BCUT2D eigenvalue weighted by molar-refractivity contribution is -0.161. The fourth-order valence-electron chi connectivity index (χ4n) is 4.26. The smallest absolute Gasteiger partial charge is 0.335 e. The number of hydrogen-bond donors (Lipinski definition) is 2. The Morgan fingerprint density at radius 3 is 2.59 bits per heavy atom. The Morgan fingerprint density at radius 2 is 1.90 bits per heavy atom. The summed E-state index contributed by atoms with van der Waals surface area (Å²) in [6.45, 7) is 3.24. The van der Waals surface area contributed by atoms with Gasteiger partial charge in [-0.05, 0) is 49.7 Å². The quantitative estimate of drug-likeness (QED) is 0.337. The van der Waals surface area contributed by atoms with Crippen molar-refractivity contribution in [3.8, 4) is 17.1 Å². The number of aliphatic hydroxyl groups excluding tert-OH is 1. The summed E-state index contributed by atoms with van der Waals surface area (Å²) < 4.78 is 26.3. The summed E-state index contributed by atoms with van der Waals surface area (Å²) in [7, 11) is 0. The third kappa shape index (κ3) is 5.58. The summed E-state index contributed by atoms with van der Waals surface area (Å²) in [6, 6.07) is 16.1. The highest BCUT2D eigenvalue weighted by molar-refractivity contribution is 6.01. The number of rotatable bonds is 7. The number of imidazole rings is 1. The van der Waals surface area contributed by atoms with Crippen molar-refractivity contribution in [2.24, 2.45) is 5.73 Å². The molecule has 4 atom stereocenters. The van der Waals surface area contributed by atoms with E-state index in [0.29, 0.717) is 28.5 Å². The molecule has 5 N–H and O–H groups in total. The van der Waals surface area contributed by atoms with Crippen LogP contribution >= 0.6 is 0 Å². The van der Waals surface area contributed by atoms with Gasteiger partial charge in [-0.1, -0.05) is 24.3 Å². The second-order valence-corrected chi connectivity index (χ2v) is 9.09. The van der Waals surface area contributed by atoms with Crippen LogP contribution < -0.4 is 15.4 Å². The number of amides is 1. The Bertz CT molecular complexity index is 1490. The Morgan fingerprint density at radius 1 is 1.15 bits per heavy atom. The zero-order chi connectivity index (χ0) is 27.0. The number of fused-ring (bicyclic) bond motifs is 1. The van der Waals surface area contributed by atoms with Crippen molar-refractivity contribution in [2.45, 2.75) is 38.2 Å². The van der Waals surface area contributed by atoms with Crippen molar-refractivity contribution in [1.29, 1.82) is 0 Å². The van der Waals surface area contributed by atoms with Crippen molar-refractivity contribution in [1.82, 2.24) is 14.6 Å². The molecule has 1 aliphatic rings. The number of esters is 1. The third-order valence-corrected chi connectivity index (χ3v) is 6.30. The molecule has 12 heteroatoms. The number of aliphatic hydroxyl groups is 1. The number of nitrogens with two attached hydrogens (primary N) is 1. The normalized spacial score (nSPS) is 18.5. The Labute approximate surface area is 222 Å². The number of halogens is 1. The molecular weight excluding hydrogens is 509 g/mol. The van der Waals surface area contributed by atoms with Crippen molar-refractivity contribution < 1.29 is 34.0 Å². The molecule has 0 saturated carbocycles. The summed E-state index contributed by atoms with van der Waals surface area (Å²) in [5, 5.41) is 13.9. The van der Waals surface area contributed by atoms with Crippen molar-refractivity contribution in [3.63, 3.8) is 0 Å². The molecule has 1 saturated heterocycles. The van der Waals surface area contributed by atoms with Crippen LogP contribution in [0.3, 0.4) is 0 Å². The second-order valence-electron chi connectivity index (χ2n) is 9.09. The number of anilines is 1. The lowest BCUT2D eigenvalue weighted by Gasteiger charge is -2.17. The Kier molecular flexibility index (Phi) is 7.90. The number of aromatic nitrogens is 3. The van der Waals surface area contributed by atoms with Gasteiger partial charge in [0.2, 0.25) is 5.88 Å². The highest BCUT2D eigenvalue weighted by atomic mass is 19.1. The molecule has 5 rings (SSSR count). The fourth-order valence-corrected chi connectivity index (χ4v) is 4.26. The monoisotopic (exact) mass is 537 g/mol. The minimum absolute atomic E-state index is 0. The molecule has 1 aliphatic heterocycles. The van der Waals surface area contributed by atoms with Crippen LogP contribution in [0.15, 0.2) is 66.9 Å². The van der Waals surface area contributed by atoms with Crippen molar-refractivity contribution in [3.05, 3.63) is 78.2 Å². The molecule has 3 heterocycles. The molecule has 0 spiro atoms. The van der Waals surface area contributed by atoms with Crippen LogP contribution in [-0.4, -0.2) is 61.9 Å². The van der Waals surface area contributed by atoms with E-state index in [1.807, 2.05) is 19.1 Å². The SMILES string of the molecule is CC(O)C(=O)OC1C(=O)N(c2ccc(-c3cnc4ccc(O[C@H](C)c5cccc(F)c5)nn34)cc2)C[C@@H]1N.O. The first-order chi connectivity index (χ1) is 18.2. The van der Waals surface area contributed by atoms with Gasteiger partial charge in [0.25, 0.3) is 5.91 Å². The number of carbonyl (C=O) groups excluding carboxylic acids is 2. The molecule has 4 aromatic rings. The van der Waals surface area contributed by atoms with E-state index in [1.54, 1.807) is 47.1 Å². The molecule has 1 amide bonds. The minimum atomic E-state index is -1.35. The second kappa shape index (κ2) is 11.2. The molecule has 11 nitrogen and oxygen atoms in total. The minimum Gasteiger partial charge on any atom is -0.469 e. The van der Waals surface area contributed by atoms with Gasteiger partial charge in [-0.25, -0.2) is 18.7 Å². The van der Waals surface area contributed by atoms with Crippen molar-refractivity contribution >= 4 is 23.2 Å². The van der Waals surface area contributed by atoms with E-state index in [2.05, 4.69) is 10.1 Å². The summed E-state index contributed by atoms with van der Waals surface area (Å²) in [5.74, 6) is -1.34. The maximum Gasteiger partial charge on any atom is 0.335 e. The molecular formula is C27H28FN5O6. The van der Waals surface area contributed by atoms with Crippen molar-refractivity contribution in [2.75, 3.05) is 11.4 Å². The maximum absolute atomic E-state index is 13.6. The molecule has 2 aromatic heterocycles. The van der Waals surface area contributed by atoms with Gasteiger partial charge in [0, 0.05) is 23.9 Å². The molecule has 0 aliphatic carbocycles. The summed E-state index contributed by atoms with van der Waals surface area (Å²) in [4.78, 5) is 30.4. The van der Waals surface area contributed by atoms with Crippen LogP contribution in [0.4, 0.5) is 10.1 Å². The number of carbonyl (C=O) groups is 2. The topological polar surface area (TPSA) is 164 Å². The van der Waals surface area contributed by atoms with Crippen LogP contribution in [0.2, 0.25) is 0 Å². The number of benzene rings is 2. The van der Waals surface area contributed by atoms with Crippen LogP contribution in [0, 0.1) is 5.82 Å². The molecule has 0 radical (unpaired) electrons. The zero-order valence-corrected chi connectivity index (χ0v) is 21.2. The van der Waals surface area contributed by atoms with E-state index < -0.39 is 36.2 Å². The summed E-state index contributed by atoms with van der Waals surface area (Å²) >= 11 is 0. The van der Waals surface area contributed by atoms with E-state index in [9.17, 15) is 19.1 Å². The highest BCUT2D eigenvalue weighted by Gasteiger charge is 2.42. The summed E-state index contributed by atoms with van der Waals surface area (Å²) in [5.41, 5.74) is 9.40. The number of hydrogen-bond acceptors (Lipinski definition) is 8. The first-order valence-corrected chi connectivity index (χ1v) is 12.0. The molecule has 2 aromatic carbocycles. The van der Waals surface area contributed by atoms with Crippen LogP contribution in [-0.2, 0) is 14.3 Å². The van der Waals surface area contributed by atoms with Gasteiger partial charge in [-0.15, -0.1) is 5.10 Å². The lowest BCUT2D eigenvalue weighted by atomic mass is 10.1. The van der Waals surface area contributed by atoms with E-state index in [-0.39, 0.29) is 17.8 Å². The Balaban J connectivity index is 0.00000353. The van der Waals surface area contributed by atoms with Gasteiger partial charge >= 0.3 is 5.97 Å². The third-order valence-electron chi connectivity index (χ3n) is 6.30. The average molecular weight is 538 g/mol. The number of ether oxygens (including phenoxy) is 2. The lowest BCUT2D eigenvalue weighted by Crippen LogP contribution is -2.40. The molecule has 0 bridgehead atoms. The first-order valence-electron chi connectivity index (χ1n) is 12.0. The largest absolute Gasteiger partial charge is 0.469 e. The van der Waals surface area contributed by atoms with E-state index >= 15 is 0 Å². The molecule has 2 unspecified atom stereocenters. The molecule has 204 valence electrons. The predicted molar refractivity (Wildman–Crippen MR) is 139 cm³/mol. The standard InChI is InChI=1S/C27H26FN5O5.H2O/c1-15(34)27(36)38-25-21(29)14-32(26(25)35)20-8-6-17(7-9-20)22-13-30-23-10-11-24(31-33(22)23)37-16(2)18-4-3-5-19(28)12-18;/h3-13,15-16,21,25,34H,14,29H2,1-2H3;1H2/t15?,16-,21+,25?;/m1./s1. The van der Waals surface area contributed by atoms with Gasteiger partial charge in [-0.2, -0.15) is 0 Å². The van der Waals surface area contributed by atoms with Gasteiger partial charge in [0.15, 0.2) is 11.8 Å². The summed E-state index contributed by atoms with van der Waals surface area (Å²) in [6.07, 6.45) is -1.25. The van der Waals surface area contributed by atoms with Crippen LogP contribution in [0.5, 0.6) is 5.88 Å². The van der Waals surface area contributed by atoms with Gasteiger partial charge < -0.3 is 30.7 Å². The molecule has 39 heavy (non-hydrogen) atoms. The van der Waals surface area contributed by atoms with E-state index in [4.69, 9.17) is 15.2 Å². The first kappa shape index (κ1) is 27.6. The zero-order valence-electron chi connectivity index (χ0n) is 21.2. The number of nitrogens with zero attached hydrogens (tertiary/aromatic N) is 4. The van der Waals surface area contributed by atoms with Gasteiger partial charge in [-0.3, -0.25) is 4.79 Å². The fraction of sp³-hybridized carbons (Fsp3) is 0.259. The Hall–Kier alpha value is -4.39. The highest BCUT2D eigenvalue weighted by Crippen LogP contribution is 2.28. The predicted octanol–water partition coefficient (Wildman–Crippen LogP) is 1.82. The maximum atomic E-state index is 13.6. The van der Waals surface area contributed by atoms with E-state index in [1.165, 1.54) is 24.0 Å². The van der Waals surface area contributed by atoms with Gasteiger partial charge in [0.1, 0.15) is 18.0 Å². The molecule has 1 fully saturated rings. The van der Waals surface area contributed by atoms with Crippen LogP contribution in [0.25, 0.3) is 16.9 Å². The van der Waals surface area contributed by atoms with Crippen LogP contribution in [0.1, 0.15) is 25.5 Å².